The topological polar surface area (TPSA) is 55.9 Å². The van der Waals surface area contributed by atoms with Crippen LogP contribution in [0.25, 0.3) is 0 Å². The first-order valence-electron chi connectivity index (χ1n) is 6.94. The Morgan fingerprint density at radius 2 is 1.95 bits per heavy atom. The van der Waals surface area contributed by atoms with Crippen LogP contribution in [0.2, 0.25) is 0 Å². The van der Waals surface area contributed by atoms with E-state index in [9.17, 15) is 0 Å². The van der Waals surface area contributed by atoms with Crippen molar-refractivity contribution in [1.82, 2.24) is 20.1 Å². The summed E-state index contributed by atoms with van der Waals surface area (Å²) >= 11 is 0. The molecule has 0 unspecified atom stereocenters. The summed E-state index contributed by atoms with van der Waals surface area (Å²) in [6.07, 6.45) is 2.07. The van der Waals surface area contributed by atoms with E-state index >= 15 is 0 Å². The molecule has 5 heteroatoms. The average molecular weight is 276 g/mol. The van der Waals surface area contributed by atoms with Crippen LogP contribution in [-0.4, -0.2) is 14.8 Å². The quantitative estimate of drug-likeness (QED) is 0.932. The summed E-state index contributed by atoms with van der Waals surface area (Å²) in [6.45, 7) is 11.8. The number of rotatable bonds is 4. The van der Waals surface area contributed by atoms with Gasteiger partial charge in [0, 0.05) is 30.8 Å². The molecule has 0 saturated heterocycles. The Bertz CT molecular complexity index is 570. The van der Waals surface area contributed by atoms with E-state index in [2.05, 4.69) is 42.4 Å². The highest BCUT2D eigenvalue weighted by Crippen LogP contribution is 2.24. The molecule has 0 aromatic carbocycles. The van der Waals surface area contributed by atoms with Crippen LogP contribution in [0.4, 0.5) is 0 Å². The first kappa shape index (κ1) is 14.8. The van der Waals surface area contributed by atoms with E-state index in [-0.39, 0.29) is 5.41 Å². The van der Waals surface area contributed by atoms with Crippen molar-refractivity contribution in [2.45, 2.75) is 53.1 Å². The molecule has 2 aromatic heterocycles. The Kier molecular flexibility index (Phi) is 3.99. The molecule has 0 aliphatic heterocycles. The van der Waals surface area contributed by atoms with Crippen molar-refractivity contribution in [3.63, 3.8) is 0 Å². The highest BCUT2D eigenvalue weighted by Gasteiger charge is 2.21. The molecule has 0 spiro atoms. The summed E-state index contributed by atoms with van der Waals surface area (Å²) < 4.78 is 7.43. The van der Waals surface area contributed by atoms with Crippen LogP contribution in [-0.2, 0) is 25.6 Å². The predicted octanol–water partition coefficient (Wildman–Crippen LogP) is 2.61. The standard InChI is InChI=1S/C15H24N4O/c1-10-11(2)20-13(17-10)8-16-7-12-9-19(6)18-14(12)15(3,4)5/h9,16H,7-8H2,1-6H3. The molecule has 0 bridgehead atoms. The van der Waals surface area contributed by atoms with Gasteiger partial charge in [-0.1, -0.05) is 20.8 Å². The number of nitrogens with zero attached hydrogens (tertiary/aromatic N) is 3. The van der Waals surface area contributed by atoms with Gasteiger partial charge in [0.1, 0.15) is 5.76 Å². The van der Waals surface area contributed by atoms with Gasteiger partial charge in [0.2, 0.25) is 5.89 Å². The van der Waals surface area contributed by atoms with Gasteiger partial charge in [0.05, 0.1) is 17.9 Å². The molecule has 20 heavy (non-hydrogen) atoms. The molecule has 0 fully saturated rings. The van der Waals surface area contributed by atoms with E-state index in [0.29, 0.717) is 6.54 Å². The molecule has 1 N–H and O–H groups in total. The smallest absolute Gasteiger partial charge is 0.208 e. The maximum absolute atomic E-state index is 5.56. The fourth-order valence-corrected chi connectivity index (χ4v) is 2.22. The SMILES string of the molecule is Cc1nc(CNCc2cn(C)nc2C(C)(C)C)oc1C. The zero-order valence-corrected chi connectivity index (χ0v) is 13.2. The Morgan fingerprint density at radius 1 is 1.25 bits per heavy atom. The lowest BCUT2D eigenvalue weighted by Gasteiger charge is -2.17. The third-order valence-electron chi connectivity index (χ3n) is 3.28. The minimum Gasteiger partial charge on any atom is -0.444 e. The first-order chi connectivity index (χ1) is 9.27. The Balaban J connectivity index is 2.01. The second-order valence-corrected chi connectivity index (χ2v) is 6.28. The molecule has 0 radical (unpaired) electrons. The fourth-order valence-electron chi connectivity index (χ4n) is 2.22. The van der Waals surface area contributed by atoms with Gasteiger partial charge in [-0.2, -0.15) is 5.10 Å². The second-order valence-electron chi connectivity index (χ2n) is 6.28. The number of hydrogen-bond acceptors (Lipinski definition) is 4. The molecular weight excluding hydrogens is 252 g/mol. The summed E-state index contributed by atoms with van der Waals surface area (Å²) in [5.41, 5.74) is 3.36. The zero-order valence-electron chi connectivity index (χ0n) is 13.2. The molecule has 2 rings (SSSR count). The lowest BCUT2D eigenvalue weighted by atomic mass is 9.89. The van der Waals surface area contributed by atoms with E-state index in [1.165, 1.54) is 5.56 Å². The monoisotopic (exact) mass is 276 g/mol. The minimum absolute atomic E-state index is 0.0500. The normalized spacial score (nSPS) is 12.1. The van der Waals surface area contributed by atoms with Crippen LogP contribution >= 0.6 is 0 Å². The molecule has 0 amide bonds. The van der Waals surface area contributed by atoms with Crippen molar-refractivity contribution >= 4 is 0 Å². The molecule has 0 aliphatic carbocycles. The number of nitrogens with one attached hydrogen (secondary N) is 1. The summed E-state index contributed by atoms with van der Waals surface area (Å²) in [6, 6.07) is 0. The van der Waals surface area contributed by atoms with Crippen molar-refractivity contribution in [3.8, 4) is 0 Å². The molecule has 0 atom stereocenters. The van der Waals surface area contributed by atoms with Gasteiger partial charge >= 0.3 is 0 Å². The summed E-state index contributed by atoms with van der Waals surface area (Å²) in [7, 11) is 1.96. The van der Waals surface area contributed by atoms with Crippen molar-refractivity contribution in [3.05, 3.63) is 34.8 Å². The van der Waals surface area contributed by atoms with E-state index in [1.807, 2.05) is 25.6 Å². The minimum atomic E-state index is 0.0500. The Labute approximate surface area is 120 Å². The van der Waals surface area contributed by atoms with Crippen LogP contribution < -0.4 is 5.32 Å². The van der Waals surface area contributed by atoms with Crippen molar-refractivity contribution < 1.29 is 4.42 Å². The Morgan fingerprint density at radius 3 is 2.50 bits per heavy atom. The van der Waals surface area contributed by atoms with E-state index in [0.717, 1.165) is 29.6 Å². The van der Waals surface area contributed by atoms with Gasteiger partial charge in [-0.3, -0.25) is 4.68 Å². The number of oxazole rings is 1. The molecule has 0 aliphatic rings. The largest absolute Gasteiger partial charge is 0.444 e. The zero-order chi connectivity index (χ0) is 14.9. The van der Waals surface area contributed by atoms with Crippen LogP contribution in [0.1, 0.15) is 49.4 Å². The van der Waals surface area contributed by atoms with Gasteiger partial charge < -0.3 is 9.73 Å². The molecule has 5 nitrogen and oxygen atoms in total. The van der Waals surface area contributed by atoms with Gasteiger partial charge in [-0.25, -0.2) is 4.98 Å². The van der Waals surface area contributed by atoms with Crippen LogP contribution in [0.3, 0.4) is 0 Å². The van der Waals surface area contributed by atoms with Crippen molar-refractivity contribution in [2.75, 3.05) is 0 Å². The first-order valence-corrected chi connectivity index (χ1v) is 6.94. The van der Waals surface area contributed by atoms with Gasteiger partial charge in [0.15, 0.2) is 0 Å². The van der Waals surface area contributed by atoms with Gasteiger partial charge in [-0.15, -0.1) is 0 Å². The van der Waals surface area contributed by atoms with Gasteiger partial charge in [0.25, 0.3) is 0 Å². The fraction of sp³-hybridized carbons (Fsp3) is 0.600. The highest BCUT2D eigenvalue weighted by atomic mass is 16.4. The molecule has 2 heterocycles. The van der Waals surface area contributed by atoms with Gasteiger partial charge in [-0.05, 0) is 13.8 Å². The maximum atomic E-state index is 5.56. The molecular formula is C15H24N4O. The molecule has 110 valence electrons. The summed E-state index contributed by atoms with van der Waals surface area (Å²) in [5, 5.41) is 7.94. The van der Waals surface area contributed by atoms with E-state index in [1.54, 1.807) is 0 Å². The van der Waals surface area contributed by atoms with E-state index < -0.39 is 0 Å². The second kappa shape index (κ2) is 5.40. The average Bonchev–Trinajstić information content (AvgIpc) is 2.83. The number of aryl methyl sites for hydroxylation is 3. The predicted molar refractivity (Wildman–Crippen MR) is 78.4 cm³/mol. The highest BCUT2D eigenvalue weighted by molar-refractivity contribution is 5.23. The third-order valence-corrected chi connectivity index (χ3v) is 3.28. The Hall–Kier alpha value is -1.62. The summed E-state index contributed by atoms with van der Waals surface area (Å²) in [5.74, 6) is 1.62. The van der Waals surface area contributed by atoms with Crippen molar-refractivity contribution in [1.29, 1.82) is 0 Å². The molecule has 2 aromatic rings. The number of aromatic nitrogens is 3. The van der Waals surface area contributed by atoms with Crippen molar-refractivity contribution in [2.24, 2.45) is 7.05 Å². The summed E-state index contributed by atoms with van der Waals surface area (Å²) in [4.78, 5) is 4.37. The number of hydrogen-bond donors (Lipinski definition) is 1. The van der Waals surface area contributed by atoms with Crippen LogP contribution in [0.15, 0.2) is 10.6 Å². The van der Waals surface area contributed by atoms with Crippen LogP contribution in [0.5, 0.6) is 0 Å². The maximum Gasteiger partial charge on any atom is 0.208 e. The van der Waals surface area contributed by atoms with Crippen LogP contribution in [0, 0.1) is 13.8 Å². The van der Waals surface area contributed by atoms with E-state index in [4.69, 9.17) is 4.42 Å². The molecule has 0 saturated carbocycles. The lowest BCUT2D eigenvalue weighted by Crippen LogP contribution is -2.19. The lowest BCUT2D eigenvalue weighted by molar-refractivity contribution is 0.447. The third kappa shape index (κ3) is 3.28.